The van der Waals surface area contributed by atoms with Crippen LogP contribution in [0.2, 0.25) is 0 Å². The van der Waals surface area contributed by atoms with Crippen LogP contribution in [0.4, 0.5) is 0 Å². The number of methoxy groups -OCH3 is 2. The fourth-order valence-corrected chi connectivity index (χ4v) is 4.72. The van der Waals surface area contributed by atoms with E-state index in [0.717, 1.165) is 12.8 Å². The molecule has 0 saturated carbocycles. The highest BCUT2D eigenvalue weighted by atomic mass is 16.5. The number of aromatic hydroxyl groups is 1. The van der Waals surface area contributed by atoms with Crippen molar-refractivity contribution in [1.29, 1.82) is 0 Å². The molecule has 5 rings (SSSR count). The van der Waals surface area contributed by atoms with Gasteiger partial charge < -0.3 is 24.0 Å². The minimum Gasteiger partial charge on any atom is -0.506 e. The van der Waals surface area contributed by atoms with Crippen molar-refractivity contribution in [3.63, 3.8) is 0 Å². The van der Waals surface area contributed by atoms with E-state index in [9.17, 15) is 14.7 Å². The van der Waals surface area contributed by atoms with Crippen LogP contribution in [0.1, 0.15) is 53.3 Å². The van der Waals surface area contributed by atoms with Crippen LogP contribution >= 0.6 is 0 Å². The summed E-state index contributed by atoms with van der Waals surface area (Å²) in [5, 5.41) is 27.5. The highest BCUT2D eigenvalue weighted by molar-refractivity contribution is 5.97. The van der Waals surface area contributed by atoms with Gasteiger partial charge in [-0.2, -0.15) is 5.11 Å². The van der Waals surface area contributed by atoms with E-state index in [1.54, 1.807) is 36.4 Å². The molecule has 1 aliphatic rings. The van der Waals surface area contributed by atoms with Crippen molar-refractivity contribution in [2.24, 2.45) is 10.2 Å². The number of nitrogens with one attached hydrogen (secondary N) is 1. The van der Waals surface area contributed by atoms with Crippen molar-refractivity contribution in [2.75, 3.05) is 14.2 Å². The minimum absolute atomic E-state index is 0.154. The molecule has 2 N–H and O–H groups in total. The number of H-pyrrole nitrogens is 1. The average Bonchev–Trinajstić information content (AvgIpc) is 3.41. The summed E-state index contributed by atoms with van der Waals surface area (Å²) >= 11 is 0. The number of carbonyl (C=O) groups is 1. The second-order valence-corrected chi connectivity index (χ2v) is 9.00. The molecular weight excluding hydrogens is 502 g/mol. The van der Waals surface area contributed by atoms with Crippen LogP contribution in [0.15, 0.2) is 61.9 Å². The van der Waals surface area contributed by atoms with Crippen molar-refractivity contribution >= 4 is 5.91 Å². The second kappa shape index (κ2) is 10.9. The molecular formula is C28H27N5O6. The summed E-state index contributed by atoms with van der Waals surface area (Å²) in [5.74, 6) is 0.203. The summed E-state index contributed by atoms with van der Waals surface area (Å²) < 4.78 is 17.0. The van der Waals surface area contributed by atoms with E-state index in [-0.39, 0.29) is 29.5 Å². The molecule has 1 amide bonds. The molecule has 0 fully saturated rings. The first-order valence-electron chi connectivity index (χ1n) is 12.5. The number of carbonyl (C=O) groups excluding carboxylic acids is 1. The zero-order valence-electron chi connectivity index (χ0n) is 21.7. The Morgan fingerprint density at radius 3 is 2.44 bits per heavy atom. The van der Waals surface area contributed by atoms with Gasteiger partial charge in [-0.25, -0.2) is 0 Å². The highest BCUT2D eigenvalue weighted by Crippen LogP contribution is 2.46. The molecule has 0 bridgehead atoms. The van der Waals surface area contributed by atoms with Crippen LogP contribution in [-0.2, 0) is 12.8 Å². The van der Waals surface area contributed by atoms with Crippen LogP contribution in [0.5, 0.6) is 17.2 Å². The monoisotopic (exact) mass is 529 g/mol. The first-order valence-corrected chi connectivity index (χ1v) is 12.5. The van der Waals surface area contributed by atoms with Gasteiger partial charge in [-0.3, -0.25) is 9.59 Å². The Morgan fingerprint density at radius 2 is 1.72 bits per heavy atom. The van der Waals surface area contributed by atoms with E-state index >= 15 is 0 Å². The Morgan fingerprint density at radius 1 is 0.974 bits per heavy atom. The van der Waals surface area contributed by atoms with Crippen molar-refractivity contribution in [2.45, 2.75) is 38.6 Å². The highest BCUT2D eigenvalue weighted by Gasteiger charge is 2.29. The Labute approximate surface area is 223 Å². The summed E-state index contributed by atoms with van der Waals surface area (Å²) in [6.07, 6.45) is 2.33. The number of ether oxygens (including phenoxy) is 2. The maximum Gasteiger partial charge on any atom is 0.295 e. The molecule has 11 nitrogen and oxygen atoms in total. The molecule has 2 aromatic heterocycles. The molecule has 0 aliphatic carbocycles. The van der Waals surface area contributed by atoms with Crippen LogP contribution in [0.3, 0.4) is 0 Å². The summed E-state index contributed by atoms with van der Waals surface area (Å²) in [7, 11) is 3.04. The van der Waals surface area contributed by atoms with Gasteiger partial charge in [-0.05, 0) is 36.6 Å². The minimum atomic E-state index is -0.570. The smallest absolute Gasteiger partial charge is 0.295 e. The molecule has 11 heteroatoms. The van der Waals surface area contributed by atoms with Gasteiger partial charge in [0.25, 0.3) is 17.4 Å². The third kappa shape index (κ3) is 4.78. The summed E-state index contributed by atoms with van der Waals surface area (Å²) in [6.45, 7) is 2.04. The average molecular weight is 530 g/mol. The maximum atomic E-state index is 13.2. The van der Waals surface area contributed by atoms with Crippen molar-refractivity contribution in [3.05, 3.63) is 75.5 Å². The lowest BCUT2D eigenvalue weighted by Crippen LogP contribution is -2.14. The lowest BCUT2D eigenvalue weighted by atomic mass is 9.96. The van der Waals surface area contributed by atoms with Gasteiger partial charge in [0.05, 0.1) is 31.8 Å². The third-order valence-electron chi connectivity index (χ3n) is 6.61. The van der Waals surface area contributed by atoms with Crippen molar-refractivity contribution < 1.29 is 23.8 Å². The number of nitrogens with zero attached hydrogens (tertiary/aromatic N) is 4. The number of hydrogen-bond donors (Lipinski definition) is 2. The van der Waals surface area contributed by atoms with Gasteiger partial charge in [-0.1, -0.05) is 37.6 Å². The summed E-state index contributed by atoms with van der Waals surface area (Å²) in [6, 6.07) is 11.8. The first-order chi connectivity index (χ1) is 19.0. The number of aromatic nitrogens is 3. The quantitative estimate of drug-likeness (QED) is 0.306. The van der Waals surface area contributed by atoms with Gasteiger partial charge in [0.15, 0.2) is 0 Å². The zero-order valence-corrected chi connectivity index (χ0v) is 21.7. The lowest BCUT2D eigenvalue weighted by molar-refractivity contribution is 0.0984. The zero-order chi connectivity index (χ0) is 27.5. The Kier molecular flexibility index (Phi) is 7.22. The lowest BCUT2D eigenvalue weighted by Gasteiger charge is -2.18. The molecule has 200 valence electrons. The summed E-state index contributed by atoms with van der Waals surface area (Å²) in [5.41, 5.74) is 1.81. The second-order valence-electron chi connectivity index (χ2n) is 9.00. The number of aryl methyl sites for hydroxylation is 1. The van der Waals surface area contributed by atoms with Crippen molar-refractivity contribution in [3.8, 4) is 39.8 Å². The van der Waals surface area contributed by atoms with E-state index in [1.807, 2.05) is 13.0 Å². The van der Waals surface area contributed by atoms with E-state index in [4.69, 9.17) is 13.9 Å². The molecule has 1 aliphatic heterocycles. The van der Waals surface area contributed by atoms with Gasteiger partial charge in [0.2, 0.25) is 5.89 Å². The molecule has 39 heavy (non-hydrogen) atoms. The maximum absolute atomic E-state index is 13.2. The standard InChI is InChI=1S/C28H27N5O6/c1-4-5-11-17-22(23-19(37-2)12-8-13-20(23)38-3)25(34)24(27(36)29-17)28-33-31-21(39-28)14-18-15-9-6-7-10-16(15)26(35)32-30-18/h6-10,12-13,18H,4-5,11,14H2,1-3H3,(H2,29,34,36). The molecule has 1 atom stereocenters. The number of azo groups is 1. The molecule has 1 unspecified atom stereocenters. The fraction of sp³-hybridized carbons (Fsp3) is 0.286. The van der Waals surface area contributed by atoms with Gasteiger partial charge in [-0.15, -0.1) is 15.3 Å². The van der Waals surface area contributed by atoms with Gasteiger partial charge >= 0.3 is 0 Å². The van der Waals surface area contributed by atoms with E-state index in [1.165, 1.54) is 14.2 Å². The van der Waals surface area contributed by atoms with Gasteiger partial charge in [0, 0.05) is 11.3 Å². The summed E-state index contributed by atoms with van der Waals surface area (Å²) in [4.78, 5) is 28.2. The molecule has 0 radical (unpaired) electrons. The number of hydrogen-bond acceptors (Lipinski definition) is 9. The number of aromatic amines is 1. The topological polar surface area (TPSA) is 152 Å². The normalized spacial score (nSPS) is 14.3. The van der Waals surface area contributed by atoms with Crippen LogP contribution in [0, 0.1) is 0 Å². The van der Waals surface area contributed by atoms with Crippen LogP contribution in [-0.4, -0.2) is 40.4 Å². The fourth-order valence-electron chi connectivity index (χ4n) is 4.72. The predicted molar refractivity (Wildman–Crippen MR) is 141 cm³/mol. The number of pyridine rings is 1. The predicted octanol–water partition coefficient (Wildman–Crippen LogP) is 5.05. The number of rotatable bonds is 9. The number of unbranched alkanes of at least 4 members (excludes halogenated alkanes) is 1. The van der Waals surface area contributed by atoms with Crippen LogP contribution < -0.4 is 15.0 Å². The van der Waals surface area contributed by atoms with E-state index in [2.05, 4.69) is 25.4 Å². The number of amides is 1. The molecule has 0 saturated heterocycles. The number of benzene rings is 2. The Bertz CT molecular complexity index is 1600. The molecule has 3 heterocycles. The van der Waals surface area contributed by atoms with E-state index < -0.39 is 17.5 Å². The largest absolute Gasteiger partial charge is 0.506 e. The van der Waals surface area contributed by atoms with Crippen LogP contribution in [0.25, 0.3) is 22.6 Å². The SMILES string of the molecule is CCCCc1[nH]c(=O)c(-c2nnc(CC3N=NC(=O)c4ccccc43)o2)c(O)c1-c1c(OC)cccc1OC. The molecule has 4 aromatic rings. The Hall–Kier alpha value is -4.80. The van der Waals surface area contributed by atoms with E-state index in [0.29, 0.717) is 45.9 Å². The molecule has 0 spiro atoms. The van der Waals surface area contributed by atoms with Crippen molar-refractivity contribution in [1.82, 2.24) is 15.2 Å². The first kappa shape index (κ1) is 25.8. The third-order valence-corrected chi connectivity index (χ3v) is 6.61. The number of fused-ring (bicyclic) bond motifs is 1. The molecule has 2 aromatic carbocycles. The van der Waals surface area contributed by atoms with Gasteiger partial charge in [0.1, 0.15) is 28.9 Å². The Balaban J connectivity index is 1.59.